The van der Waals surface area contributed by atoms with Crippen LogP contribution in [0.3, 0.4) is 0 Å². The molecule has 1 aliphatic heterocycles. The van der Waals surface area contributed by atoms with Gasteiger partial charge in [-0.25, -0.2) is 0 Å². The summed E-state index contributed by atoms with van der Waals surface area (Å²) in [6.45, 7) is 2.43. The summed E-state index contributed by atoms with van der Waals surface area (Å²) < 4.78 is 11.2. The lowest BCUT2D eigenvalue weighted by molar-refractivity contribution is -0.00461. The average Bonchev–Trinajstić information content (AvgIpc) is 2.98. The van der Waals surface area contributed by atoms with Crippen LogP contribution in [0, 0.1) is 0 Å². The number of benzene rings is 1. The molecule has 3 unspecified atom stereocenters. The Bertz CT molecular complexity index is 481. The van der Waals surface area contributed by atoms with E-state index in [2.05, 4.69) is 29.2 Å². The molecule has 2 N–H and O–H groups in total. The first-order chi connectivity index (χ1) is 10.2. The maximum Gasteiger partial charge on any atom is 0.0972 e. The normalized spacial score (nSPS) is 33.1. The lowest BCUT2D eigenvalue weighted by Gasteiger charge is -2.45. The second-order valence-electron chi connectivity index (χ2n) is 6.20. The zero-order valence-electron chi connectivity index (χ0n) is 13.0. The van der Waals surface area contributed by atoms with Crippen molar-refractivity contribution >= 4 is 0 Å². The van der Waals surface area contributed by atoms with E-state index in [1.807, 2.05) is 0 Å². The van der Waals surface area contributed by atoms with Crippen LogP contribution in [0.25, 0.3) is 0 Å². The third kappa shape index (κ3) is 2.40. The van der Waals surface area contributed by atoms with Crippen LogP contribution in [-0.4, -0.2) is 51.0 Å². The number of fused-ring (bicyclic) bond motifs is 1. The van der Waals surface area contributed by atoms with Gasteiger partial charge < -0.3 is 15.2 Å². The van der Waals surface area contributed by atoms with Crippen LogP contribution < -0.4 is 5.73 Å². The topological polar surface area (TPSA) is 47.7 Å². The highest BCUT2D eigenvalue weighted by Crippen LogP contribution is 2.41. The van der Waals surface area contributed by atoms with E-state index < -0.39 is 0 Å². The first-order valence-corrected chi connectivity index (χ1v) is 7.84. The second-order valence-corrected chi connectivity index (χ2v) is 6.20. The largest absolute Gasteiger partial charge is 0.377 e. The summed E-state index contributed by atoms with van der Waals surface area (Å²) >= 11 is 0. The second kappa shape index (κ2) is 6.05. The van der Waals surface area contributed by atoms with E-state index in [4.69, 9.17) is 15.2 Å². The molecule has 1 fully saturated rings. The summed E-state index contributed by atoms with van der Waals surface area (Å²) in [5, 5.41) is 0. The molecule has 4 nitrogen and oxygen atoms in total. The Hall–Kier alpha value is -0.940. The van der Waals surface area contributed by atoms with Crippen LogP contribution in [0.1, 0.15) is 24.0 Å². The molecule has 3 atom stereocenters. The van der Waals surface area contributed by atoms with Crippen molar-refractivity contribution in [2.24, 2.45) is 5.73 Å². The third-order valence-corrected chi connectivity index (χ3v) is 5.32. The molecule has 1 saturated heterocycles. The van der Waals surface area contributed by atoms with E-state index in [0.29, 0.717) is 6.54 Å². The standard InChI is InChI=1S/C17H26N2O2/c1-20-15-10-19(11-16(15)21-2)17(12-18)9-5-7-13-6-3-4-8-14(13)17/h3-4,6,8,15-16H,5,7,9-12,18H2,1-2H3. The van der Waals surface area contributed by atoms with Gasteiger partial charge >= 0.3 is 0 Å². The third-order valence-electron chi connectivity index (χ3n) is 5.32. The van der Waals surface area contributed by atoms with Gasteiger partial charge in [0.25, 0.3) is 0 Å². The molecule has 0 aromatic heterocycles. The average molecular weight is 290 g/mol. The van der Waals surface area contributed by atoms with Gasteiger partial charge in [0.2, 0.25) is 0 Å². The summed E-state index contributed by atoms with van der Waals surface area (Å²) in [5.74, 6) is 0. The minimum absolute atomic E-state index is 0.0566. The molecule has 0 spiro atoms. The number of nitrogens with two attached hydrogens (primary N) is 1. The van der Waals surface area contributed by atoms with Crippen molar-refractivity contribution < 1.29 is 9.47 Å². The molecular weight excluding hydrogens is 264 g/mol. The smallest absolute Gasteiger partial charge is 0.0972 e. The molecule has 0 saturated carbocycles. The number of rotatable bonds is 4. The highest BCUT2D eigenvalue weighted by Gasteiger charge is 2.46. The summed E-state index contributed by atoms with van der Waals surface area (Å²) in [6.07, 6.45) is 3.74. The summed E-state index contributed by atoms with van der Waals surface area (Å²) in [4.78, 5) is 2.49. The molecule has 1 aromatic carbocycles. The Morgan fingerprint density at radius 1 is 1.19 bits per heavy atom. The van der Waals surface area contributed by atoms with Crippen LogP contribution in [0.5, 0.6) is 0 Å². The van der Waals surface area contributed by atoms with Gasteiger partial charge in [-0.05, 0) is 30.4 Å². The molecule has 1 aromatic rings. The van der Waals surface area contributed by atoms with Gasteiger partial charge in [0.05, 0.1) is 17.7 Å². The van der Waals surface area contributed by atoms with Gasteiger partial charge in [0.1, 0.15) is 0 Å². The van der Waals surface area contributed by atoms with Crippen molar-refractivity contribution in [3.05, 3.63) is 35.4 Å². The summed E-state index contributed by atoms with van der Waals surface area (Å²) in [6, 6.07) is 8.76. The first-order valence-electron chi connectivity index (χ1n) is 7.84. The lowest BCUT2D eigenvalue weighted by Crippen LogP contribution is -2.52. The van der Waals surface area contributed by atoms with E-state index in [1.54, 1.807) is 14.2 Å². The number of nitrogens with zero attached hydrogens (tertiary/aromatic N) is 1. The van der Waals surface area contributed by atoms with Crippen LogP contribution in [0.4, 0.5) is 0 Å². The van der Waals surface area contributed by atoms with Crippen LogP contribution >= 0.6 is 0 Å². The molecule has 21 heavy (non-hydrogen) atoms. The van der Waals surface area contributed by atoms with E-state index in [9.17, 15) is 0 Å². The predicted molar refractivity (Wildman–Crippen MR) is 83.3 cm³/mol. The highest BCUT2D eigenvalue weighted by atomic mass is 16.5. The van der Waals surface area contributed by atoms with Crippen molar-refractivity contribution in [3.63, 3.8) is 0 Å². The SMILES string of the molecule is COC1CN(C2(CN)CCCc3ccccc32)CC1OC. The molecule has 3 rings (SSSR count). The Kier molecular flexibility index (Phi) is 4.31. The number of hydrogen-bond donors (Lipinski definition) is 1. The monoisotopic (exact) mass is 290 g/mol. The number of likely N-dealkylation sites (tertiary alicyclic amines) is 1. The summed E-state index contributed by atoms with van der Waals surface area (Å²) in [5.41, 5.74) is 9.08. The fourth-order valence-electron chi connectivity index (χ4n) is 4.11. The minimum Gasteiger partial charge on any atom is -0.377 e. The maximum absolute atomic E-state index is 6.28. The van der Waals surface area contributed by atoms with Crippen LogP contribution in [0.2, 0.25) is 0 Å². The number of ether oxygens (including phenoxy) is 2. The van der Waals surface area contributed by atoms with Crippen LogP contribution in [-0.2, 0) is 21.4 Å². The van der Waals surface area contributed by atoms with Gasteiger partial charge in [-0.15, -0.1) is 0 Å². The molecule has 1 aliphatic carbocycles. The first kappa shape index (κ1) is 15.0. The van der Waals surface area contributed by atoms with E-state index in [-0.39, 0.29) is 17.7 Å². The van der Waals surface area contributed by atoms with E-state index in [0.717, 1.165) is 25.9 Å². The molecule has 1 heterocycles. The molecule has 4 heteroatoms. The van der Waals surface area contributed by atoms with Gasteiger partial charge in [0, 0.05) is 33.9 Å². The maximum atomic E-state index is 6.28. The Morgan fingerprint density at radius 3 is 2.48 bits per heavy atom. The highest BCUT2D eigenvalue weighted by molar-refractivity contribution is 5.37. The van der Waals surface area contributed by atoms with Crippen molar-refractivity contribution in [2.45, 2.75) is 37.0 Å². The molecular formula is C17H26N2O2. The van der Waals surface area contributed by atoms with Crippen molar-refractivity contribution in [3.8, 4) is 0 Å². The molecule has 0 radical (unpaired) electrons. The Morgan fingerprint density at radius 2 is 1.86 bits per heavy atom. The molecule has 0 amide bonds. The number of hydrogen-bond acceptors (Lipinski definition) is 4. The minimum atomic E-state index is -0.0566. The van der Waals surface area contributed by atoms with Gasteiger partial charge in [-0.3, -0.25) is 4.90 Å². The van der Waals surface area contributed by atoms with E-state index in [1.165, 1.54) is 17.5 Å². The summed E-state index contributed by atoms with van der Waals surface area (Å²) in [7, 11) is 3.54. The van der Waals surface area contributed by atoms with Gasteiger partial charge in [-0.1, -0.05) is 24.3 Å². The van der Waals surface area contributed by atoms with Crippen LogP contribution in [0.15, 0.2) is 24.3 Å². The van der Waals surface area contributed by atoms with Gasteiger partial charge in [0.15, 0.2) is 0 Å². The van der Waals surface area contributed by atoms with Crippen molar-refractivity contribution in [2.75, 3.05) is 33.9 Å². The number of aryl methyl sites for hydroxylation is 1. The Labute approximate surface area is 127 Å². The van der Waals surface area contributed by atoms with Gasteiger partial charge in [-0.2, -0.15) is 0 Å². The van der Waals surface area contributed by atoms with Crippen molar-refractivity contribution in [1.82, 2.24) is 4.90 Å². The fraction of sp³-hybridized carbons (Fsp3) is 0.647. The number of methoxy groups -OCH3 is 2. The Balaban J connectivity index is 1.95. The predicted octanol–water partition coefficient (Wildman–Crippen LogP) is 1.52. The lowest BCUT2D eigenvalue weighted by atomic mass is 9.75. The quantitative estimate of drug-likeness (QED) is 0.913. The zero-order chi connectivity index (χ0) is 14.9. The molecule has 2 aliphatic rings. The molecule has 116 valence electrons. The van der Waals surface area contributed by atoms with Crippen molar-refractivity contribution in [1.29, 1.82) is 0 Å². The fourth-order valence-corrected chi connectivity index (χ4v) is 4.11. The zero-order valence-corrected chi connectivity index (χ0v) is 13.0. The molecule has 0 bridgehead atoms. The van der Waals surface area contributed by atoms with E-state index >= 15 is 0 Å².